The molecule has 1 aromatic carbocycles. The van der Waals surface area contributed by atoms with Crippen LogP contribution in [0.1, 0.15) is 19.3 Å². The monoisotopic (exact) mass is 385 g/mol. The predicted octanol–water partition coefficient (Wildman–Crippen LogP) is 3.16. The standard InChI is InChI=1S/C20H26ClN6/c21-18-12-23-20(26-19(18)24-16-4-2-1-3-5-16)25-17-8-11-27(14-17)13-15-6-9-22-10-7-15/h1-4,12,15,17,22H,6-11,13-14H2,(H2,23,24,25,26)/t17-/m1/s1. The molecule has 0 unspecified atom stereocenters. The minimum Gasteiger partial charge on any atom is -0.350 e. The molecule has 0 aliphatic carbocycles. The summed E-state index contributed by atoms with van der Waals surface area (Å²) in [6.07, 6.45) is 5.34. The first-order valence-corrected chi connectivity index (χ1v) is 10.1. The Labute approximate surface area is 165 Å². The minimum atomic E-state index is 0.379. The largest absolute Gasteiger partial charge is 0.350 e. The van der Waals surface area contributed by atoms with Gasteiger partial charge < -0.3 is 20.9 Å². The molecular formula is C20H26ClN6. The van der Waals surface area contributed by atoms with E-state index >= 15 is 0 Å². The molecule has 143 valence electrons. The molecule has 4 rings (SSSR count). The van der Waals surface area contributed by atoms with Gasteiger partial charge in [0, 0.05) is 37.4 Å². The summed E-state index contributed by atoms with van der Waals surface area (Å²) in [4.78, 5) is 11.5. The summed E-state index contributed by atoms with van der Waals surface area (Å²) in [5.74, 6) is 2.04. The maximum atomic E-state index is 6.25. The lowest BCUT2D eigenvalue weighted by molar-refractivity contribution is 0.239. The lowest BCUT2D eigenvalue weighted by Crippen LogP contribution is -2.36. The maximum absolute atomic E-state index is 6.25. The molecular weight excluding hydrogens is 360 g/mol. The van der Waals surface area contributed by atoms with Crippen LogP contribution in [0, 0.1) is 12.0 Å². The van der Waals surface area contributed by atoms with E-state index in [4.69, 9.17) is 11.6 Å². The summed E-state index contributed by atoms with van der Waals surface area (Å²) in [5, 5.41) is 10.6. The lowest BCUT2D eigenvalue weighted by atomic mass is 9.98. The number of nitrogens with one attached hydrogen (secondary N) is 3. The molecule has 1 radical (unpaired) electrons. The molecule has 27 heavy (non-hydrogen) atoms. The van der Waals surface area contributed by atoms with E-state index < -0.39 is 0 Å². The molecule has 2 saturated heterocycles. The summed E-state index contributed by atoms with van der Waals surface area (Å²) >= 11 is 6.25. The topological polar surface area (TPSA) is 65.1 Å². The quantitative estimate of drug-likeness (QED) is 0.709. The number of piperidine rings is 1. The van der Waals surface area contributed by atoms with Gasteiger partial charge in [0.05, 0.1) is 6.20 Å². The van der Waals surface area contributed by atoms with E-state index in [1.165, 1.54) is 19.4 Å². The molecule has 3 N–H and O–H groups in total. The maximum Gasteiger partial charge on any atom is 0.224 e. The van der Waals surface area contributed by atoms with Crippen molar-refractivity contribution in [2.24, 2.45) is 5.92 Å². The summed E-state index contributed by atoms with van der Waals surface area (Å²) in [6.45, 7) is 5.71. The number of hydrogen-bond donors (Lipinski definition) is 3. The van der Waals surface area contributed by atoms with Crippen LogP contribution in [0.25, 0.3) is 0 Å². The van der Waals surface area contributed by atoms with Gasteiger partial charge in [0.2, 0.25) is 5.95 Å². The van der Waals surface area contributed by atoms with E-state index in [0.29, 0.717) is 22.8 Å². The van der Waals surface area contributed by atoms with Crippen LogP contribution in [0.3, 0.4) is 0 Å². The number of likely N-dealkylation sites (tertiary alicyclic amines) is 1. The van der Waals surface area contributed by atoms with Crippen LogP contribution in [0.15, 0.2) is 30.5 Å². The highest BCUT2D eigenvalue weighted by Gasteiger charge is 2.26. The van der Waals surface area contributed by atoms with Crippen molar-refractivity contribution in [1.29, 1.82) is 0 Å². The zero-order valence-electron chi connectivity index (χ0n) is 15.4. The molecule has 0 saturated carbocycles. The average Bonchev–Trinajstić information content (AvgIpc) is 3.13. The fourth-order valence-electron chi connectivity index (χ4n) is 3.85. The predicted molar refractivity (Wildman–Crippen MR) is 110 cm³/mol. The number of para-hydroxylation sites is 1. The Morgan fingerprint density at radius 3 is 2.96 bits per heavy atom. The Morgan fingerprint density at radius 1 is 1.26 bits per heavy atom. The number of nitrogens with zero attached hydrogens (tertiary/aromatic N) is 3. The van der Waals surface area contributed by atoms with Crippen LogP contribution in [0.5, 0.6) is 0 Å². The van der Waals surface area contributed by atoms with Crippen molar-refractivity contribution in [2.75, 3.05) is 43.4 Å². The van der Waals surface area contributed by atoms with Gasteiger partial charge in [0.15, 0.2) is 5.82 Å². The van der Waals surface area contributed by atoms with Crippen LogP contribution < -0.4 is 16.0 Å². The van der Waals surface area contributed by atoms with E-state index in [1.54, 1.807) is 6.20 Å². The van der Waals surface area contributed by atoms with Gasteiger partial charge in [-0.3, -0.25) is 0 Å². The Morgan fingerprint density at radius 2 is 2.15 bits per heavy atom. The Hall–Kier alpha value is -1.89. The third-order valence-corrected chi connectivity index (χ3v) is 5.56. The summed E-state index contributed by atoms with van der Waals surface area (Å²) in [5.41, 5.74) is 0.832. The van der Waals surface area contributed by atoms with Crippen LogP contribution in [0.2, 0.25) is 5.02 Å². The zero-order valence-corrected chi connectivity index (χ0v) is 16.2. The molecule has 7 heteroatoms. The molecule has 0 spiro atoms. The highest BCUT2D eigenvalue weighted by Crippen LogP contribution is 2.24. The second-order valence-corrected chi connectivity index (χ2v) is 7.78. The van der Waals surface area contributed by atoms with Crippen molar-refractivity contribution >= 4 is 29.1 Å². The first-order valence-electron chi connectivity index (χ1n) is 9.72. The molecule has 0 amide bonds. The van der Waals surface area contributed by atoms with Gasteiger partial charge in [-0.25, -0.2) is 4.98 Å². The van der Waals surface area contributed by atoms with Gasteiger partial charge in [-0.1, -0.05) is 29.8 Å². The van der Waals surface area contributed by atoms with Crippen molar-refractivity contribution in [3.05, 3.63) is 41.6 Å². The van der Waals surface area contributed by atoms with E-state index in [-0.39, 0.29) is 0 Å². The third kappa shape index (κ3) is 5.09. The normalized spacial score (nSPS) is 21.3. The molecule has 6 nitrogen and oxygen atoms in total. The third-order valence-electron chi connectivity index (χ3n) is 5.29. The molecule has 3 heterocycles. The summed E-state index contributed by atoms with van der Waals surface area (Å²) in [7, 11) is 0. The van der Waals surface area contributed by atoms with E-state index in [1.807, 2.05) is 24.3 Å². The molecule has 2 aliphatic rings. The second-order valence-electron chi connectivity index (χ2n) is 7.37. The number of benzene rings is 1. The average molecular weight is 386 g/mol. The number of anilines is 3. The van der Waals surface area contributed by atoms with Gasteiger partial charge in [-0.05, 0) is 44.3 Å². The molecule has 0 bridgehead atoms. The Balaban J connectivity index is 1.33. The zero-order chi connectivity index (χ0) is 18.5. The molecule has 1 atom stereocenters. The van der Waals surface area contributed by atoms with Crippen molar-refractivity contribution in [3.8, 4) is 0 Å². The van der Waals surface area contributed by atoms with Crippen molar-refractivity contribution in [2.45, 2.75) is 25.3 Å². The van der Waals surface area contributed by atoms with E-state index in [2.05, 4.69) is 36.9 Å². The highest BCUT2D eigenvalue weighted by molar-refractivity contribution is 6.32. The van der Waals surface area contributed by atoms with Crippen LogP contribution in [0.4, 0.5) is 17.5 Å². The number of hydrogen-bond acceptors (Lipinski definition) is 6. The second kappa shape index (κ2) is 8.87. The van der Waals surface area contributed by atoms with Crippen molar-refractivity contribution < 1.29 is 0 Å². The molecule has 2 aromatic rings. The first-order chi connectivity index (χ1) is 13.3. The smallest absolute Gasteiger partial charge is 0.224 e. The first kappa shape index (κ1) is 18.5. The summed E-state index contributed by atoms with van der Waals surface area (Å²) in [6, 6.07) is 11.2. The van der Waals surface area contributed by atoms with Crippen LogP contribution in [-0.2, 0) is 0 Å². The van der Waals surface area contributed by atoms with Gasteiger partial charge in [0.1, 0.15) is 5.02 Å². The fourth-order valence-corrected chi connectivity index (χ4v) is 3.99. The summed E-state index contributed by atoms with van der Waals surface area (Å²) < 4.78 is 0. The van der Waals surface area contributed by atoms with E-state index in [0.717, 1.165) is 44.2 Å². The highest BCUT2D eigenvalue weighted by atomic mass is 35.5. The molecule has 2 fully saturated rings. The Kier molecular flexibility index (Phi) is 6.07. The van der Waals surface area contributed by atoms with Gasteiger partial charge in [-0.15, -0.1) is 0 Å². The number of rotatable bonds is 6. The number of aromatic nitrogens is 2. The fraction of sp³-hybridized carbons (Fsp3) is 0.500. The number of halogens is 1. The lowest BCUT2D eigenvalue weighted by Gasteiger charge is -2.27. The SMILES string of the molecule is Clc1cnc(N[C@@H]2CCN(CC3CCNCC3)C2)nc1Nc1[c]cccc1. The van der Waals surface area contributed by atoms with Crippen LogP contribution in [-0.4, -0.2) is 53.6 Å². The van der Waals surface area contributed by atoms with Crippen molar-refractivity contribution in [3.63, 3.8) is 0 Å². The Bertz CT molecular complexity index is 735. The van der Waals surface area contributed by atoms with Gasteiger partial charge in [0.25, 0.3) is 0 Å². The minimum absolute atomic E-state index is 0.379. The van der Waals surface area contributed by atoms with Gasteiger partial charge in [-0.2, -0.15) is 4.98 Å². The van der Waals surface area contributed by atoms with E-state index in [9.17, 15) is 0 Å². The van der Waals surface area contributed by atoms with Crippen molar-refractivity contribution in [1.82, 2.24) is 20.2 Å². The van der Waals surface area contributed by atoms with Crippen LogP contribution >= 0.6 is 11.6 Å². The molecule has 1 aromatic heterocycles. The molecule has 2 aliphatic heterocycles. The van der Waals surface area contributed by atoms with Gasteiger partial charge >= 0.3 is 0 Å².